The van der Waals surface area contributed by atoms with Crippen LogP contribution in [0.25, 0.3) is 0 Å². The van der Waals surface area contributed by atoms with Gasteiger partial charge in [0.15, 0.2) is 0 Å². The van der Waals surface area contributed by atoms with Crippen LogP contribution in [0.15, 0.2) is 0 Å². The molecule has 0 fully saturated rings. The molecule has 0 aliphatic heterocycles. The first-order chi connectivity index (χ1) is 4.77. The molecule has 1 N–H and O–H groups in total. The summed E-state index contributed by atoms with van der Waals surface area (Å²) in [6.07, 6.45) is 0. The zero-order chi connectivity index (χ0) is 7.82. The van der Waals surface area contributed by atoms with E-state index in [1.807, 2.05) is 0 Å². The number of rotatable bonds is 5. The Morgan fingerprint density at radius 3 is 2.60 bits per heavy atom. The van der Waals surface area contributed by atoms with Crippen LogP contribution in [0.4, 0.5) is 4.79 Å². The van der Waals surface area contributed by atoms with E-state index >= 15 is 0 Å². The molecule has 59 valence electrons. The number of hydrogen-bond acceptors (Lipinski definition) is 4. The average molecular weight is 165 g/mol. The van der Waals surface area contributed by atoms with Gasteiger partial charge in [0.05, 0.1) is 19.8 Å². The van der Waals surface area contributed by atoms with E-state index in [1.165, 1.54) is 0 Å². The van der Waals surface area contributed by atoms with E-state index in [2.05, 4.69) is 17.4 Å². The molecule has 0 bridgehead atoms. The molecule has 0 atom stereocenters. The third-order valence-corrected chi connectivity index (χ3v) is 0.801. The van der Waals surface area contributed by atoms with Gasteiger partial charge >= 0.3 is 5.30 Å². The number of carbonyl (C=O) groups excluding carboxylic acids is 1. The quantitative estimate of drug-likeness (QED) is 0.471. The first kappa shape index (κ1) is 9.61. The molecule has 4 nitrogen and oxygen atoms in total. The van der Waals surface area contributed by atoms with Crippen molar-refractivity contribution in [3.05, 3.63) is 0 Å². The van der Waals surface area contributed by atoms with Crippen LogP contribution >= 0.6 is 12.6 Å². The van der Waals surface area contributed by atoms with Crippen LogP contribution in [0.3, 0.4) is 0 Å². The Hall–Kier alpha value is -0.390. The van der Waals surface area contributed by atoms with Gasteiger partial charge in [0.25, 0.3) is 0 Å². The largest absolute Gasteiger partial charge is 0.452 e. The van der Waals surface area contributed by atoms with Gasteiger partial charge in [0.2, 0.25) is 0 Å². The average Bonchev–Trinajstić information content (AvgIpc) is 1.87. The van der Waals surface area contributed by atoms with Crippen LogP contribution in [0.1, 0.15) is 0 Å². The minimum Gasteiger partial charge on any atom is -0.452 e. The lowest BCUT2D eigenvalue weighted by molar-refractivity contribution is 0.0602. The van der Waals surface area contributed by atoms with E-state index in [4.69, 9.17) is 9.84 Å². The molecule has 0 aromatic carbocycles. The van der Waals surface area contributed by atoms with Gasteiger partial charge in [0.1, 0.15) is 6.61 Å². The smallest absolute Gasteiger partial charge is 0.400 e. The minimum absolute atomic E-state index is 0.0260. The van der Waals surface area contributed by atoms with Crippen molar-refractivity contribution < 1.29 is 19.4 Å². The highest BCUT2D eigenvalue weighted by Gasteiger charge is 1.93. The number of aliphatic hydroxyl groups is 1. The molecule has 0 rings (SSSR count). The minimum atomic E-state index is -0.729. The summed E-state index contributed by atoms with van der Waals surface area (Å²) in [7, 11) is 0. The summed E-state index contributed by atoms with van der Waals surface area (Å²) in [4.78, 5) is 9.96. The number of hydrogen-bond donors (Lipinski definition) is 1. The normalized spacial score (nSPS) is 9.30. The lowest BCUT2D eigenvalue weighted by atomic mass is 10.7. The van der Waals surface area contributed by atoms with Gasteiger partial charge in [0, 0.05) is 12.6 Å². The summed E-state index contributed by atoms with van der Waals surface area (Å²) in [5, 5.41) is 7.49. The van der Waals surface area contributed by atoms with Crippen molar-refractivity contribution in [2.24, 2.45) is 0 Å². The number of ether oxygens (including phenoxy) is 2. The summed E-state index contributed by atoms with van der Waals surface area (Å²) in [5.41, 5.74) is 0. The molecule has 0 spiro atoms. The Morgan fingerprint density at radius 2 is 2.10 bits per heavy atom. The van der Waals surface area contributed by atoms with Gasteiger partial charge < -0.3 is 14.6 Å². The van der Waals surface area contributed by atoms with Crippen molar-refractivity contribution in [2.45, 2.75) is 0 Å². The molecule has 0 aromatic rings. The van der Waals surface area contributed by atoms with Crippen molar-refractivity contribution in [1.82, 2.24) is 0 Å². The van der Waals surface area contributed by atoms with Gasteiger partial charge in [-0.3, -0.25) is 0 Å². The number of carbonyl (C=O) groups is 1. The van der Waals surface area contributed by atoms with E-state index in [0.717, 1.165) is 0 Å². The third-order valence-electron chi connectivity index (χ3n) is 0.683. The van der Waals surface area contributed by atoms with Crippen LogP contribution in [0.5, 0.6) is 0 Å². The summed E-state index contributed by atoms with van der Waals surface area (Å²) in [6.45, 7) is 0.669. The van der Waals surface area contributed by atoms with Gasteiger partial charge in [-0.1, -0.05) is 0 Å². The molecule has 1 radical (unpaired) electrons. The first-order valence-corrected chi connectivity index (χ1v) is 3.20. The first-order valence-electron chi connectivity index (χ1n) is 2.79. The molecule has 0 aromatic heterocycles. The highest BCUT2D eigenvalue weighted by Crippen LogP contribution is 1.85. The monoisotopic (exact) mass is 165 g/mol. The van der Waals surface area contributed by atoms with Crippen molar-refractivity contribution in [3.63, 3.8) is 0 Å². The fraction of sp³-hybridized carbons (Fsp3) is 0.800. The Balaban J connectivity index is 2.84. The van der Waals surface area contributed by atoms with Crippen LogP contribution in [0.2, 0.25) is 0 Å². The fourth-order valence-electron chi connectivity index (χ4n) is 0.351. The van der Waals surface area contributed by atoms with Crippen LogP contribution in [-0.2, 0) is 9.47 Å². The summed E-state index contributed by atoms with van der Waals surface area (Å²) in [5.74, 6) is 0. The topological polar surface area (TPSA) is 55.8 Å². The molecule has 0 unspecified atom stereocenters. The Labute approximate surface area is 64.5 Å². The van der Waals surface area contributed by atoms with Gasteiger partial charge in [-0.25, -0.2) is 4.79 Å². The molecule has 10 heavy (non-hydrogen) atoms. The molecule has 0 aliphatic rings. The lowest BCUT2D eigenvalue weighted by Gasteiger charge is -2.00. The van der Waals surface area contributed by atoms with Crippen LogP contribution in [0, 0.1) is 0 Å². The van der Waals surface area contributed by atoms with Crippen LogP contribution < -0.4 is 0 Å². The molecule has 0 amide bonds. The van der Waals surface area contributed by atoms with Crippen molar-refractivity contribution in [2.75, 3.05) is 26.4 Å². The highest BCUT2D eigenvalue weighted by atomic mass is 32.1. The SMILES string of the molecule is O=C([S])OCCOCCO. The molecular formula is C5H9O4S. The summed E-state index contributed by atoms with van der Waals surface area (Å²) < 4.78 is 9.12. The van der Waals surface area contributed by atoms with E-state index in [-0.39, 0.29) is 26.4 Å². The molecular weight excluding hydrogens is 156 g/mol. The standard InChI is InChI=1S/C5H9O4S/c6-1-2-8-3-4-9-5(7)10/h6H,1-4H2. The second-order valence-corrected chi connectivity index (χ2v) is 1.77. The predicted molar refractivity (Wildman–Crippen MR) is 36.8 cm³/mol. The van der Waals surface area contributed by atoms with Gasteiger partial charge in [-0.05, 0) is 0 Å². The molecule has 0 aliphatic carbocycles. The summed E-state index contributed by atoms with van der Waals surface area (Å²) >= 11 is 4.09. The molecule has 0 saturated heterocycles. The third kappa shape index (κ3) is 7.61. The van der Waals surface area contributed by atoms with Gasteiger partial charge in [-0.2, -0.15) is 0 Å². The van der Waals surface area contributed by atoms with Gasteiger partial charge in [-0.15, -0.1) is 0 Å². The number of aliphatic hydroxyl groups excluding tert-OH is 1. The second-order valence-electron chi connectivity index (χ2n) is 1.43. The maximum Gasteiger partial charge on any atom is 0.400 e. The molecule has 5 heteroatoms. The zero-order valence-electron chi connectivity index (χ0n) is 5.41. The fourth-order valence-corrected chi connectivity index (χ4v) is 0.434. The van der Waals surface area contributed by atoms with E-state index in [9.17, 15) is 4.79 Å². The zero-order valence-corrected chi connectivity index (χ0v) is 6.23. The van der Waals surface area contributed by atoms with Crippen molar-refractivity contribution in [3.8, 4) is 0 Å². The maximum atomic E-state index is 9.96. The van der Waals surface area contributed by atoms with Crippen molar-refractivity contribution >= 4 is 17.9 Å². The van der Waals surface area contributed by atoms with Crippen LogP contribution in [-0.4, -0.2) is 36.8 Å². The second kappa shape index (κ2) is 6.73. The van der Waals surface area contributed by atoms with E-state index in [1.54, 1.807) is 0 Å². The molecule has 0 saturated carbocycles. The lowest BCUT2D eigenvalue weighted by Crippen LogP contribution is -2.07. The predicted octanol–water partition coefficient (Wildman–Crippen LogP) is 0.329. The van der Waals surface area contributed by atoms with Crippen molar-refractivity contribution in [1.29, 1.82) is 0 Å². The Kier molecular flexibility index (Phi) is 6.46. The van der Waals surface area contributed by atoms with E-state index in [0.29, 0.717) is 0 Å². The van der Waals surface area contributed by atoms with E-state index < -0.39 is 5.30 Å². The maximum absolute atomic E-state index is 9.96. The highest BCUT2D eigenvalue weighted by molar-refractivity contribution is 7.96. The molecule has 0 heterocycles. The Morgan fingerprint density at radius 1 is 1.40 bits per heavy atom. The Bertz CT molecular complexity index is 95.6. The summed E-state index contributed by atoms with van der Waals surface area (Å²) in [6, 6.07) is 0.